The highest BCUT2D eigenvalue weighted by atomic mass is 16.5. The number of hydrogen-bond acceptors (Lipinski definition) is 4. The number of nitrogens with two attached hydrogens (primary N) is 1. The van der Waals surface area contributed by atoms with Crippen LogP contribution in [0.15, 0.2) is 29.4 Å². The molecule has 0 bridgehead atoms. The summed E-state index contributed by atoms with van der Waals surface area (Å²) in [6.45, 7) is 7.46. The average Bonchev–Trinajstić information content (AvgIpc) is 2.37. The van der Waals surface area contributed by atoms with Crippen LogP contribution in [0, 0.1) is 0 Å². The van der Waals surface area contributed by atoms with Gasteiger partial charge in [0.15, 0.2) is 5.84 Å². The van der Waals surface area contributed by atoms with E-state index in [1.54, 1.807) is 0 Å². The number of ether oxygens (including phenoxy) is 1. The van der Waals surface area contributed by atoms with Crippen LogP contribution >= 0.6 is 0 Å². The number of morpholine rings is 1. The van der Waals surface area contributed by atoms with Gasteiger partial charge in [0.1, 0.15) is 0 Å². The van der Waals surface area contributed by atoms with Gasteiger partial charge in [-0.1, -0.05) is 29.4 Å². The molecular formula is C14H21N3O2. The van der Waals surface area contributed by atoms with Crippen molar-refractivity contribution in [2.24, 2.45) is 10.9 Å². The number of oxime groups is 1. The Bertz CT molecular complexity index is 472. The van der Waals surface area contributed by atoms with Gasteiger partial charge in [-0.3, -0.25) is 4.90 Å². The predicted molar refractivity (Wildman–Crippen MR) is 74.3 cm³/mol. The van der Waals surface area contributed by atoms with Crippen LogP contribution in [-0.2, 0) is 11.3 Å². The molecule has 3 N–H and O–H groups in total. The van der Waals surface area contributed by atoms with Crippen molar-refractivity contribution in [1.29, 1.82) is 0 Å². The van der Waals surface area contributed by atoms with E-state index in [1.807, 2.05) is 24.3 Å². The van der Waals surface area contributed by atoms with E-state index in [0.29, 0.717) is 0 Å². The van der Waals surface area contributed by atoms with Gasteiger partial charge in [-0.2, -0.15) is 0 Å². The summed E-state index contributed by atoms with van der Waals surface area (Å²) in [6, 6.07) is 7.74. The third kappa shape index (κ3) is 3.45. The van der Waals surface area contributed by atoms with Gasteiger partial charge in [0.05, 0.1) is 12.2 Å². The molecule has 104 valence electrons. The van der Waals surface area contributed by atoms with Crippen molar-refractivity contribution in [2.75, 3.05) is 19.7 Å². The van der Waals surface area contributed by atoms with Gasteiger partial charge < -0.3 is 15.7 Å². The fourth-order valence-corrected chi connectivity index (χ4v) is 2.45. The average molecular weight is 263 g/mol. The molecule has 0 aromatic heterocycles. The van der Waals surface area contributed by atoms with E-state index in [-0.39, 0.29) is 11.4 Å². The van der Waals surface area contributed by atoms with Crippen LogP contribution in [-0.4, -0.2) is 41.2 Å². The van der Waals surface area contributed by atoms with Crippen molar-refractivity contribution in [2.45, 2.75) is 26.0 Å². The predicted octanol–water partition coefficient (Wildman–Crippen LogP) is 1.39. The van der Waals surface area contributed by atoms with Gasteiger partial charge >= 0.3 is 0 Å². The van der Waals surface area contributed by atoms with Gasteiger partial charge in [0, 0.05) is 25.2 Å². The molecule has 1 aliphatic heterocycles. The van der Waals surface area contributed by atoms with Gasteiger partial charge in [0.25, 0.3) is 0 Å². The monoisotopic (exact) mass is 263 g/mol. The number of benzene rings is 1. The summed E-state index contributed by atoms with van der Waals surface area (Å²) in [7, 11) is 0. The Morgan fingerprint density at radius 3 is 2.89 bits per heavy atom. The first-order valence-electron chi connectivity index (χ1n) is 6.44. The van der Waals surface area contributed by atoms with Crippen molar-refractivity contribution < 1.29 is 9.94 Å². The van der Waals surface area contributed by atoms with Crippen LogP contribution in [0.1, 0.15) is 25.0 Å². The molecule has 5 heteroatoms. The minimum absolute atomic E-state index is 0.121. The first kappa shape index (κ1) is 13.8. The number of amidine groups is 1. The molecule has 2 rings (SSSR count). The smallest absolute Gasteiger partial charge is 0.170 e. The maximum absolute atomic E-state index is 8.83. The molecule has 0 unspecified atom stereocenters. The minimum atomic E-state index is -0.121. The highest BCUT2D eigenvalue weighted by Crippen LogP contribution is 2.19. The van der Waals surface area contributed by atoms with Gasteiger partial charge in [0.2, 0.25) is 0 Å². The zero-order valence-electron chi connectivity index (χ0n) is 11.5. The van der Waals surface area contributed by atoms with Crippen molar-refractivity contribution in [1.82, 2.24) is 4.90 Å². The second-order valence-corrected chi connectivity index (χ2v) is 5.46. The fourth-order valence-electron chi connectivity index (χ4n) is 2.45. The van der Waals surface area contributed by atoms with Crippen LogP contribution in [0.5, 0.6) is 0 Å². The number of nitrogens with zero attached hydrogens (tertiary/aromatic N) is 2. The Balaban J connectivity index is 2.15. The minimum Gasteiger partial charge on any atom is -0.409 e. The molecule has 1 aromatic carbocycles. The summed E-state index contributed by atoms with van der Waals surface area (Å²) < 4.78 is 5.70. The zero-order chi connectivity index (χ0) is 13.9. The number of hydrogen-bond donors (Lipinski definition) is 2. The summed E-state index contributed by atoms with van der Waals surface area (Å²) in [5.74, 6) is 0.156. The highest BCUT2D eigenvalue weighted by Gasteiger charge is 2.27. The SMILES string of the molecule is CC1(C)CN(Cc2ccccc2/C(N)=N/O)CCO1. The molecule has 0 amide bonds. The standard InChI is InChI=1S/C14H21N3O2/c1-14(2)10-17(7-8-19-14)9-11-5-3-4-6-12(11)13(15)16-18/h3-6,18H,7-10H2,1-2H3,(H2,15,16). The van der Waals surface area contributed by atoms with Crippen LogP contribution in [0.4, 0.5) is 0 Å². The summed E-state index contributed by atoms with van der Waals surface area (Å²) >= 11 is 0. The van der Waals surface area contributed by atoms with Crippen molar-refractivity contribution in [3.63, 3.8) is 0 Å². The van der Waals surface area contributed by atoms with E-state index in [9.17, 15) is 0 Å². The Morgan fingerprint density at radius 2 is 2.21 bits per heavy atom. The fraction of sp³-hybridized carbons (Fsp3) is 0.500. The third-order valence-corrected chi connectivity index (χ3v) is 3.30. The Morgan fingerprint density at radius 1 is 1.47 bits per heavy atom. The molecule has 0 saturated carbocycles. The summed E-state index contributed by atoms with van der Waals surface area (Å²) in [6.07, 6.45) is 0. The second-order valence-electron chi connectivity index (χ2n) is 5.46. The first-order valence-corrected chi connectivity index (χ1v) is 6.44. The molecule has 0 atom stereocenters. The van der Waals surface area contributed by atoms with Gasteiger partial charge in [-0.05, 0) is 19.4 Å². The molecule has 1 fully saturated rings. The van der Waals surface area contributed by atoms with Crippen molar-refractivity contribution in [3.05, 3.63) is 35.4 Å². The van der Waals surface area contributed by atoms with E-state index < -0.39 is 0 Å². The zero-order valence-corrected chi connectivity index (χ0v) is 11.5. The van der Waals surface area contributed by atoms with E-state index >= 15 is 0 Å². The quantitative estimate of drug-likeness (QED) is 0.374. The molecule has 5 nitrogen and oxygen atoms in total. The maximum atomic E-state index is 8.83. The molecule has 0 radical (unpaired) electrons. The molecule has 1 aliphatic rings. The summed E-state index contributed by atoms with van der Waals surface area (Å²) in [4.78, 5) is 2.33. The van der Waals surface area contributed by atoms with Crippen molar-refractivity contribution >= 4 is 5.84 Å². The van der Waals surface area contributed by atoms with Crippen LogP contribution in [0.3, 0.4) is 0 Å². The molecular weight excluding hydrogens is 242 g/mol. The third-order valence-electron chi connectivity index (χ3n) is 3.30. The molecule has 1 saturated heterocycles. The largest absolute Gasteiger partial charge is 0.409 e. The molecule has 0 aliphatic carbocycles. The van der Waals surface area contributed by atoms with Crippen LogP contribution in [0.2, 0.25) is 0 Å². The van der Waals surface area contributed by atoms with Crippen LogP contribution in [0.25, 0.3) is 0 Å². The van der Waals surface area contributed by atoms with E-state index in [2.05, 4.69) is 23.9 Å². The highest BCUT2D eigenvalue weighted by molar-refractivity contribution is 5.98. The summed E-state index contributed by atoms with van der Waals surface area (Å²) in [5, 5.41) is 11.9. The van der Waals surface area contributed by atoms with E-state index in [1.165, 1.54) is 0 Å². The second kappa shape index (κ2) is 5.59. The Hall–Kier alpha value is -1.59. The molecule has 0 spiro atoms. The first-order chi connectivity index (χ1) is 9.02. The van der Waals surface area contributed by atoms with Gasteiger partial charge in [-0.15, -0.1) is 0 Å². The molecule has 1 aromatic rings. The lowest BCUT2D eigenvalue weighted by Gasteiger charge is -2.38. The molecule has 1 heterocycles. The van der Waals surface area contributed by atoms with Crippen LogP contribution < -0.4 is 5.73 Å². The van der Waals surface area contributed by atoms with E-state index in [4.69, 9.17) is 15.7 Å². The van der Waals surface area contributed by atoms with Gasteiger partial charge in [-0.25, -0.2) is 0 Å². The number of rotatable bonds is 3. The normalized spacial score (nSPS) is 20.4. The lowest BCUT2D eigenvalue weighted by atomic mass is 10.0. The Labute approximate surface area is 113 Å². The summed E-state index contributed by atoms with van der Waals surface area (Å²) in [5.41, 5.74) is 7.44. The Kier molecular flexibility index (Phi) is 4.07. The topological polar surface area (TPSA) is 71.1 Å². The molecule has 19 heavy (non-hydrogen) atoms. The lowest BCUT2D eigenvalue weighted by molar-refractivity contribution is -0.0882. The maximum Gasteiger partial charge on any atom is 0.170 e. The van der Waals surface area contributed by atoms with Crippen molar-refractivity contribution in [3.8, 4) is 0 Å². The van der Waals surface area contributed by atoms with E-state index in [0.717, 1.165) is 37.4 Å². The lowest BCUT2D eigenvalue weighted by Crippen LogP contribution is -2.47.